The first-order chi connectivity index (χ1) is 8.86. The van der Waals surface area contributed by atoms with E-state index in [1.54, 1.807) is 11.3 Å². The van der Waals surface area contributed by atoms with Gasteiger partial charge in [0.1, 0.15) is 16.5 Å². The number of aromatic nitrogens is 2. The van der Waals surface area contributed by atoms with Gasteiger partial charge in [-0.1, -0.05) is 0 Å². The molecule has 1 aliphatic rings. The van der Waals surface area contributed by atoms with Crippen molar-refractivity contribution < 1.29 is 4.74 Å². The first-order valence-electron chi connectivity index (χ1n) is 6.42. The normalized spacial score (nSPS) is 19.5. The highest BCUT2D eigenvalue weighted by atomic mass is 32.1. The Labute approximate surface area is 110 Å². The number of thiophene rings is 1. The first kappa shape index (κ1) is 11.9. The molecule has 3 rings (SSSR count). The highest BCUT2D eigenvalue weighted by Gasteiger charge is 2.18. The zero-order valence-corrected chi connectivity index (χ0v) is 11.3. The van der Waals surface area contributed by atoms with Gasteiger partial charge in [0.05, 0.1) is 5.39 Å². The third-order valence-corrected chi connectivity index (χ3v) is 4.02. The van der Waals surface area contributed by atoms with Crippen LogP contribution < -0.4 is 5.32 Å². The lowest BCUT2D eigenvalue weighted by Gasteiger charge is -2.09. The fourth-order valence-electron chi connectivity index (χ4n) is 2.30. The van der Waals surface area contributed by atoms with Crippen molar-refractivity contribution in [3.8, 4) is 0 Å². The summed E-state index contributed by atoms with van der Waals surface area (Å²) >= 11 is 1.68. The molecule has 0 radical (unpaired) electrons. The summed E-state index contributed by atoms with van der Waals surface area (Å²) in [5, 5.41) is 6.53. The molecule has 0 bridgehead atoms. The number of nitrogens with one attached hydrogen (secondary N) is 1. The van der Waals surface area contributed by atoms with E-state index in [1.165, 1.54) is 0 Å². The van der Waals surface area contributed by atoms with E-state index in [9.17, 15) is 0 Å². The Morgan fingerprint density at radius 2 is 2.44 bits per heavy atom. The molecule has 1 aliphatic heterocycles. The van der Waals surface area contributed by atoms with Crippen molar-refractivity contribution in [3.05, 3.63) is 17.3 Å². The second kappa shape index (κ2) is 5.20. The predicted molar refractivity (Wildman–Crippen MR) is 74.2 cm³/mol. The van der Waals surface area contributed by atoms with Crippen LogP contribution in [0.3, 0.4) is 0 Å². The van der Waals surface area contributed by atoms with Gasteiger partial charge in [0.25, 0.3) is 0 Å². The highest BCUT2D eigenvalue weighted by Crippen LogP contribution is 2.26. The summed E-state index contributed by atoms with van der Waals surface area (Å²) in [7, 11) is 0. The number of hydrogen-bond donors (Lipinski definition) is 1. The first-order valence-corrected chi connectivity index (χ1v) is 7.30. The molecule has 1 fully saturated rings. The maximum atomic E-state index is 5.41. The number of fused-ring (bicyclic) bond motifs is 1. The number of hydrogen-bond acceptors (Lipinski definition) is 5. The lowest BCUT2D eigenvalue weighted by molar-refractivity contribution is 0.185. The van der Waals surface area contributed by atoms with E-state index < -0.39 is 0 Å². The van der Waals surface area contributed by atoms with Crippen molar-refractivity contribution in [1.29, 1.82) is 0 Å². The van der Waals surface area contributed by atoms with Gasteiger partial charge in [0, 0.05) is 26.2 Å². The van der Waals surface area contributed by atoms with Gasteiger partial charge in [-0.25, -0.2) is 9.97 Å². The molecule has 96 valence electrons. The summed E-state index contributed by atoms with van der Waals surface area (Å²) in [4.78, 5) is 10.4. The van der Waals surface area contributed by atoms with E-state index in [0.29, 0.717) is 5.92 Å². The van der Waals surface area contributed by atoms with Gasteiger partial charge in [0.15, 0.2) is 0 Å². The van der Waals surface area contributed by atoms with Crippen LogP contribution in [0.2, 0.25) is 0 Å². The van der Waals surface area contributed by atoms with Crippen LogP contribution in [0.5, 0.6) is 0 Å². The Hall–Kier alpha value is -1.20. The summed E-state index contributed by atoms with van der Waals surface area (Å²) < 4.78 is 5.41. The molecule has 1 unspecified atom stereocenters. The van der Waals surface area contributed by atoms with Crippen LogP contribution in [0.25, 0.3) is 10.2 Å². The molecule has 3 heterocycles. The Bertz CT molecular complexity index is 534. The highest BCUT2D eigenvalue weighted by molar-refractivity contribution is 7.16. The Morgan fingerprint density at radius 1 is 1.50 bits per heavy atom. The van der Waals surface area contributed by atoms with E-state index in [0.717, 1.165) is 54.5 Å². The standard InChI is InChI=1S/C13H17N3OS/c1-2-14-12-10-4-6-18-13(10)16-11(15-12)7-9-3-5-17-8-9/h4,6,9H,2-3,5,7-8H2,1H3,(H,14,15,16). The molecule has 0 aliphatic carbocycles. The third-order valence-electron chi connectivity index (χ3n) is 3.21. The van der Waals surface area contributed by atoms with Gasteiger partial charge in [0.2, 0.25) is 0 Å². The SMILES string of the molecule is CCNc1nc(CC2CCOC2)nc2sccc12. The molecule has 0 spiro atoms. The van der Waals surface area contributed by atoms with Crippen LogP contribution in [-0.4, -0.2) is 29.7 Å². The van der Waals surface area contributed by atoms with Gasteiger partial charge >= 0.3 is 0 Å². The molecule has 1 atom stereocenters. The van der Waals surface area contributed by atoms with E-state index in [2.05, 4.69) is 33.7 Å². The monoisotopic (exact) mass is 263 g/mol. The molecule has 5 heteroatoms. The third kappa shape index (κ3) is 2.33. The average molecular weight is 263 g/mol. The number of ether oxygens (including phenoxy) is 1. The molecule has 4 nitrogen and oxygen atoms in total. The quantitative estimate of drug-likeness (QED) is 0.921. The van der Waals surface area contributed by atoms with Crippen molar-refractivity contribution in [1.82, 2.24) is 9.97 Å². The molecule has 2 aromatic heterocycles. The van der Waals surface area contributed by atoms with E-state index in [-0.39, 0.29) is 0 Å². The molecule has 0 amide bonds. The van der Waals surface area contributed by atoms with Crippen molar-refractivity contribution in [3.63, 3.8) is 0 Å². The lowest BCUT2D eigenvalue weighted by Crippen LogP contribution is -2.09. The van der Waals surface area contributed by atoms with Gasteiger partial charge in [-0.05, 0) is 30.7 Å². The number of nitrogens with zero attached hydrogens (tertiary/aromatic N) is 2. The zero-order valence-electron chi connectivity index (χ0n) is 10.5. The summed E-state index contributed by atoms with van der Waals surface area (Å²) in [6, 6.07) is 2.08. The largest absolute Gasteiger partial charge is 0.381 e. The molecule has 18 heavy (non-hydrogen) atoms. The molecule has 2 aromatic rings. The zero-order chi connectivity index (χ0) is 12.4. The number of rotatable bonds is 4. The molecule has 0 aromatic carbocycles. The van der Waals surface area contributed by atoms with Gasteiger partial charge < -0.3 is 10.1 Å². The van der Waals surface area contributed by atoms with Crippen LogP contribution in [0.15, 0.2) is 11.4 Å². The minimum Gasteiger partial charge on any atom is -0.381 e. The van der Waals surface area contributed by atoms with Crippen LogP contribution in [0, 0.1) is 5.92 Å². The smallest absolute Gasteiger partial charge is 0.138 e. The topological polar surface area (TPSA) is 47.0 Å². The van der Waals surface area contributed by atoms with Gasteiger partial charge in [-0.3, -0.25) is 0 Å². The van der Waals surface area contributed by atoms with Crippen LogP contribution in [0.4, 0.5) is 5.82 Å². The average Bonchev–Trinajstić information content (AvgIpc) is 3.00. The van der Waals surface area contributed by atoms with Gasteiger partial charge in [-0.2, -0.15) is 0 Å². The summed E-state index contributed by atoms with van der Waals surface area (Å²) in [6.07, 6.45) is 2.05. The lowest BCUT2D eigenvalue weighted by atomic mass is 10.0. The summed E-state index contributed by atoms with van der Waals surface area (Å²) in [6.45, 7) is 4.70. The second-order valence-electron chi connectivity index (χ2n) is 4.59. The molecular weight excluding hydrogens is 246 g/mol. The maximum Gasteiger partial charge on any atom is 0.138 e. The van der Waals surface area contributed by atoms with Crippen molar-refractivity contribution in [2.45, 2.75) is 19.8 Å². The minimum absolute atomic E-state index is 0.580. The van der Waals surface area contributed by atoms with Crippen molar-refractivity contribution in [2.75, 3.05) is 25.1 Å². The molecule has 0 saturated carbocycles. The minimum atomic E-state index is 0.580. The van der Waals surface area contributed by atoms with Crippen LogP contribution in [-0.2, 0) is 11.2 Å². The molecule has 1 N–H and O–H groups in total. The van der Waals surface area contributed by atoms with Crippen LogP contribution in [0.1, 0.15) is 19.2 Å². The predicted octanol–water partition coefficient (Wildman–Crippen LogP) is 2.70. The van der Waals surface area contributed by atoms with E-state index in [4.69, 9.17) is 4.74 Å². The van der Waals surface area contributed by atoms with Gasteiger partial charge in [-0.15, -0.1) is 11.3 Å². The summed E-state index contributed by atoms with van der Waals surface area (Å²) in [5.41, 5.74) is 0. The number of anilines is 1. The van der Waals surface area contributed by atoms with E-state index in [1.807, 2.05) is 0 Å². The Morgan fingerprint density at radius 3 is 3.22 bits per heavy atom. The van der Waals surface area contributed by atoms with Crippen molar-refractivity contribution in [2.24, 2.45) is 5.92 Å². The summed E-state index contributed by atoms with van der Waals surface area (Å²) in [5.74, 6) is 2.49. The fraction of sp³-hybridized carbons (Fsp3) is 0.538. The fourth-order valence-corrected chi connectivity index (χ4v) is 3.08. The maximum absolute atomic E-state index is 5.41. The Balaban J connectivity index is 1.90. The van der Waals surface area contributed by atoms with Crippen molar-refractivity contribution >= 4 is 27.4 Å². The molecule has 1 saturated heterocycles. The molecular formula is C13H17N3OS. The second-order valence-corrected chi connectivity index (χ2v) is 5.49. The van der Waals surface area contributed by atoms with Crippen LogP contribution >= 0.6 is 11.3 Å². The van der Waals surface area contributed by atoms with E-state index >= 15 is 0 Å². The Kier molecular flexibility index (Phi) is 3.43.